The van der Waals surface area contributed by atoms with Crippen molar-refractivity contribution >= 4 is 75.1 Å². The van der Waals surface area contributed by atoms with Crippen LogP contribution in [0.4, 0.5) is 0 Å². The minimum atomic E-state index is 0.636. The van der Waals surface area contributed by atoms with Crippen LogP contribution in [-0.4, -0.2) is 24.1 Å². The van der Waals surface area contributed by atoms with E-state index >= 15 is 0 Å². The van der Waals surface area contributed by atoms with Crippen molar-refractivity contribution in [1.29, 1.82) is 0 Å². The van der Waals surface area contributed by atoms with Crippen LogP contribution < -0.4 is 0 Å². The van der Waals surface area contributed by atoms with Gasteiger partial charge in [-0.05, 0) is 48.5 Å². The zero-order valence-corrected chi connectivity index (χ0v) is 31.4. The Balaban J connectivity index is 1.13. The van der Waals surface area contributed by atoms with E-state index in [9.17, 15) is 0 Å². The summed E-state index contributed by atoms with van der Waals surface area (Å²) in [6.45, 7) is 0. The van der Waals surface area contributed by atoms with Crippen molar-refractivity contribution in [3.63, 3.8) is 0 Å². The molecule has 12 rings (SSSR count). The third kappa shape index (κ3) is 4.91. The number of benzene rings is 8. The summed E-state index contributed by atoms with van der Waals surface area (Å²) in [5, 5.41) is 7.49. The highest BCUT2D eigenvalue weighted by molar-refractivity contribution is 7.26. The molecule has 4 aromatic heterocycles. The molecule has 6 heteroatoms. The molecule has 57 heavy (non-hydrogen) atoms. The van der Waals surface area contributed by atoms with E-state index in [1.165, 1.54) is 58.4 Å². The molecule has 0 saturated carbocycles. The van der Waals surface area contributed by atoms with Crippen molar-refractivity contribution in [2.45, 2.75) is 0 Å². The average Bonchev–Trinajstić information content (AvgIpc) is 3.94. The zero-order valence-electron chi connectivity index (χ0n) is 30.5. The van der Waals surface area contributed by atoms with E-state index in [4.69, 9.17) is 15.0 Å². The first-order valence-electron chi connectivity index (χ1n) is 19.1. The molecule has 0 aliphatic carbocycles. The van der Waals surface area contributed by atoms with E-state index in [1.54, 1.807) is 0 Å². The molecule has 0 unspecified atom stereocenters. The lowest BCUT2D eigenvalue weighted by atomic mass is 10.0. The zero-order chi connectivity index (χ0) is 37.5. The molecule has 0 radical (unpaired) electrons. The summed E-state index contributed by atoms with van der Waals surface area (Å²) in [5.41, 5.74) is 9.82. The van der Waals surface area contributed by atoms with Gasteiger partial charge in [0.1, 0.15) is 0 Å². The molecule has 8 aromatic carbocycles. The maximum atomic E-state index is 5.09. The van der Waals surface area contributed by atoms with Gasteiger partial charge in [0, 0.05) is 59.4 Å². The number of aromatic nitrogens is 5. The molecule has 0 saturated heterocycles. The van der Waals surface area contributed by atoms with Gasteiger partial charge in [-0.15, -0.1) is 11.3 Å². The van der Waals surface area contributed by atoms with Crippen LogP contribution >= 0.6 is 11.3 Å². The molecule has 0 atom stereocenters. The Labute approximate surface area is 331 Å². The average molecular weight is 746 g/mol. The summed E-state index contributed by atoms with van der Waals surface area (Å²) in [6, 6.07) is 66.5. The lowest BCUT2D eigenvalue weighted by molar-refractivity contribution is 1.07. The Bertz CT molecular complexity index is 3400. The number of thiophene rings is 1. The predicted octanol–water partition coefficient (Wildman–Crippen LogP) is 13.4. The molecular weight excluding hydrogens is 715 g/mol. The summed E-state index contributed by atoms with van der Waals surface area (Å²) in [7, 11) is 0. The highest BCUT2D eigenvalue weighted by Gasteiger charge is 2.22. The SMILES string of the molecule is c1ccc(-c2nc(-c3ccccc3)nc(-c3ccc4c5c6c(ccc5n(-c5ccccc5)c4c3)sc3c(-n4c5ccccc5c5ccccc54)cccc36)n2)cc1. The Hall–Kier alpha value is -7.41. The van der Waals surface area contributed by atoms with Crippen LogP contribution in [-0.2, 0) is 0 Å². The summed E-state index contributed by atoms with van der Waals surface area (Å²) < 4.78 is 7.38. The van der Waals surface area contributed by atoms with E-state index in [0.29, 0.717) is 17.5 Å². The summed E-state index contributed by atoms with van der Waals surface area (Å²) in [5.74, 6) is 1.93. The Kier molecular flexibility index (Phi) is 7.03. The Morgan fingerprint density at radius 2 is 0.912 bits per heavy atom. The van der Waals surface area contributed by atoms with Gasteiger partial charge in [0.2, 0.25) is 0 Å². The largest absolute Gasteiger partial charge is 0.309 e. The first-order chi connectivity index (χ1) is 28.3. The number of rotatable bonds is 5. The second-order valence-corrected chi connectivity index (χ2v) is 15.5. The number of para-hydroxylation sites is 3. The van der Waals surface area contributed by atoms with E-state index in [-0.39, 0.29) is 0 Å². The fourth-order valence-electron chi connectivity index (χ4n) is 8.67. The molecule has 0 fully saturated rings. The van der Waals surface area contributed by atoms with Crippen molar-refractivity contribution in [2.75, 3.05) is 0 Å². The van der Waals surface area contributed by atoms with Crippen LogP contribution in [0, 0.1) is 0 Å². The number of nitrogens with zero attached hydrogens (tertiary/aromatic N) is 5. The van der Waals surface area contributed by atoms with E-state index in [2.05, 4.69) is 137 Å². The van der Waals surface area contributed by atoms with Gasteiger partial charge in [0.05, 0.1) is 32.5 Å². The topological polar surface area (TPSA) is 48.5 Å². The minimum absolute atomic E-state index is 0.636. The molecule has 0 N–H and O–H groups in total. The first-order valence-corrected chi connectivity index (χ1v) is 19.9. The molecule has 266 valence electrons. The molecule has 0 spiro atoms. The molecular formula is C51H31N5S. The van der Waals surface area contributed by atoms with Gasteiger partial charge in [-0.3, -0.25) is 0 Å². The Morgan fingerprint density at radius 3 is 1.56 bits per heavy atom. The van der Waals surface area contributed by atoms with E-state index in [0.717, 1.165) is 33.4 Å². The molecule has 0 aliphatic heterocycles. The predicted molar refractivity (Wildman–Crippen MR) is 238 cm³/mol. The molecule has 12 aromatic rings. The molecule has 0 aliphatic rings. The normalized spacial score (nSPS) is 11.9. The van der Waals surface area contributed by atoms with E-state index < -0.39 is 0 Å². The van der Waals surface area contributed by atoms with Crippen molar-refractivity contribution in [2.24, 2.45) is 0 Å². The van der Waals surface area contributed by atoms with Crippen LogP contribution in [0.25, 0.3) is 109 Å². The smallest absolute Gasteiger partial charge is 0.164 e. The van der Waals surface area contributed by atoms with Crippen LogP contribution in [0.1, 0.15) is 0 Å². The van der Waals surface area contributed by atoms with Gasteiger partial charge in [-0.1, -0.05) is 140 Å². The van der Waals surface area contributed by atoms with Gasteiger partial charge in [0.25, 0.3) is 0 Å². The van der Waals surface area contributed by atoms with Crippen molar-refractivity contribution in [3.05, 3.63) is 188 Å². The van der Waals surface area contributed by atoms with Gasteiger partial charge in [-0.25, -0.2) is 15.0 Å². The molecule has 5 nitrogen and oxygen atoms in total. The fraction of sp³-hybridized carbons (Fsp3) is 0. The van der Waals surface area contributed by atoms with Crippen LogP contribution in [0.15, 0.2) is 188 Å². The van der Waals surface area contributed by atoms with Gasteiger partial charge < -0.3 is 9.13 Å². The first kappa shape index (κ1) is 31.9. The minimum Gasteiger partial charge on any atom is -0.309 e. The Morgan fingerprint density at radius 1 is 0.351 bits per heavy atom. The van der Waals surface area contributed by atoms with Gasteiger partial charge >= 0.3 is 0 Å². The molecule has 0 bridgehead atoms. The van der Waals surface area contributed by atoms with Crippen molar-refractivity contribution < 1.29 is 0 Å². The number of fused-ring (bicyclic) bond motifs is 10. The van der Waals surface area contributed by atoms with Crippen LogP contribution in [0.5, 0.6) is 0 Å². The highest BCUT2D eigenvalue weighted by Crippen LogP contribution is 2.46. The lowest BCUT2D eigenvalue weighted by Gasteiger charge is -2.10. The second kappa shape index (κ2) is 12.6. The van der Waals surface area contributed by atoms with Gasteiger partial charge in [0.15, 0.2) is 17.5 Å². The summed E-state index contributed by atoms with van der Waals surface area (Å²) in [6.07, 6.45) is 0. The third-order valence-electron chi connectivity index (χ3n) is 11.2. The second-order valence-electron chi connectivity index (χ2n) is 14.4. The standard InChI is InChI=1S/C51H31N5S/c1-4-15-32(16-5-1)49-52-50(33-17-6-2-7-18-33)54-51(53-49)34-27-28-38-44(31-34)55(35-19-8-3-9-20-35)42-29-30-45-47(46(38)42)39-23-14-26-43(48(39)57-45)56-40-24-12-10-21-36(40)37-22-11-13-25-41(37)56/h1-31H. The van der Waals surface area contributed by atoms with Crippen LogP contribution in [0.3, 0.4) is 0 Å². The molecule has 4 heterocycles. The van der Waals surface area contributed by atoms with Crippen molar-refractivity contribution in [1.82, 2.24) is 24.1 Å². The number of hydrogen-bond donors (Lipinski definition) is 0. The van der Waals surface area contributed by atoms with E-state index in [1.807, 2.05) is 72.0 Å². The third-order valence-corrected chi connectivity index (χ3v) is 12.4. The quantitative estimate of drug-likeness (QED) is 0.176. The monoisotopic (exact) mass is 745 g/mol. The summed E-state index contributed by atoms with van der Waals surface area (Å²) >= 11 is 1.87. The van der Waals surface area contributed by atoms with Crippen molar-refractivity contribution in [3.8, 4) is 45.5 Å². The van der Waals surface area contributed by atoms with Crippen LogP contribution in [0.2, 0.25) is 0 Å². The van der Waals surface area contributed by atoms with Gasteiger partial charge in [-0.2, -0.15) is 0 Å². The highest BCUT2D eigenvalue weighted by atomic mass is 32.1. The maximum Gasteiger partial charge on any atom is 0.164 e. The lowest BCUT2D eigenvalue weighted by Crippen LogP contribution is -2.00. The fourth-order valence-corrected chi connectivity index (χ4v) is 9.88. The number of hydrogen-bond acceptors (Lipinski definition) is 4. The molecule has 0 amide bonds. The summed E-state index contributed by atoms with van der Waals surface area (Å²) in [4.78, 5) is 15.1. The maximum absolute atomic E-state index is 5.09.